The molecule has 4 aromatic carbocycles. The molecule has 2 aliphatic heterocycles. The smallest absolute Gasteiger partial charge is 0.330 e. The van der Waals surface area contributed by atoms with Gasteiger partial charge in [-0.25, -0.2) is 9.46 Å². The Morgan fingerprint density at radius 1 is 0.830 bits per heavy atom. The number of nitrogens with zero attached hydrogens (tertiary/aromatic N) is 2. The molecule has 0 amide bonds. The Bertz CT molecular complexity index is 2050. The highest BCUT2D eigenvalue weighted by molar-refractivity contribution is 7.44. The zero-order chi connectivity index (χ0) is 37.1. The molecule has 1 aromatic heterocycles. The third-order valence-corrected chi connectivity index (χ3v) is 11.9. The lowest BCUT2D eigenvalue weighted by atomic mass is 9.80. The lowest BCUT2D eigenvalue weighted by molar-refractivity contribution is -0.0920. The molecule has 276 valence electrons. The van der Waals surface area contributed by atoms with Gasteiger partial charge < -0.3 is 28.0 Å². The number of methoxy groups -OCH3 is 2. The van der Waals surface area contributed by atoms with Gasteiger partial charge in [0.05, 0.1) is 26.9 Å². The first-order chi connectivity index (χ1) is 25.7. The average molecular weight is 738 g/mol. The van der Waals surface area contributed by atoms with Gasteiger partial charge in [-0.2, -0.15) is 0 Å². The molecular weight excluding hydrogens is 693 g/mol. The Morgan fingerprint density at radius 2 is 1.40 bits per heavy atom. The molecule has 0 spiro atoms. The van der Waals surface area contributed by atoms with Gasteiger partial charge in [0.2, 0.25) is 0 Å². The maximum absolute atomic E-state index is 13.1. The predicted molar refractivity (Wildman–Crippen MR) is 202 cm³/mol. The van der Waals surface area contributed by atoms with Crippen LogP contribution in [0.25, 0.3) is 0 Å². The van der Waals surface area contributed by atoms with Crippen molar-refractivity contribution >= 4 is 8.53 Å². The fourth-order valence-corrected chi connectivity index (χ4v) is 8.73. The number of ether oxygens (including phenoxy) is 4. The van der Waals surface area contributed by atoms with E-state index in [1.165, 1.54) is 10.8 Å². The molecule has 3 heterocycles. The Hall–Kier alpha value is -4.61. The van der Waals surface area contributed by atoms with Crippen molar-refractivity contribution in [1.82, 2.24) is 14.2 Å². The lowest BCUT2D eigenvalue weighted by Crippen LogP contribution is -2.38. The van der Waals surface area contributed by atoms with Crippen LogP contribution in [0.5, 0.6) is 11.5 Å². The van der Waals surface area contributed by atoms with Gasteiger partial charge in [-0.1, -0.05) is 84.9 Å². The summed E-state index contributed by atoms with van der Waals surface area (Å²) in [7, 11) is 3.77. The van der Waals surface area contributed by atoms with E-state index >= 15 is 0 Å². The van der Waals surface area contributed by atoms with E-state index in [1.54, 1.807) is 21.1 Å². The summed E-state index contributed by atoms with van der Waals surface area (Å²) in [5.74, 6) is 1.43. The van der Waals surface area contributed by atoms with Gasteiger partial charge in [0.1, 0.15) is 35.5 Å². The summed E-state index contributed by atoms with van der Waals surface area (Å²) in [4.78, 5) is 27.8. The molecule has 0 saturated carbocycles. The molecule has 0 radical (unpaired) electrons. The summed E-state index contributed by atoms with van der Waals surface area (Å²) in [6.07, 6.45) is -0.218. The topological polar surface area (TPSA) is 113 Å². The quantitative estimate of drug-likeness (QED) is 0.108. The molecule has 7 rings (SSSR count). The summed E-state index contributed by atoms with van der Waals surface area (Å²) in [5, 5.41) is 0. The van der Waals surface area contributed by atoms with Crippen molar-refractivity contribution in [3.8, 4) is 11.5 Å². The van der Waals surface area contributed by atoms with Gasteiger partial charge in [0, 0.05) is 24.2 Å². The standard InChI is InChI=1S/C41H44N3O8P/c1-27-25-44(40(46)42-39(27)45)37-24-35(51-53-43(3)28(2)38(52-53)29-12-8-6-9-13-29)36(50-37)26-49-41(30-14-10-7-11-15-30,31-16-20-33(47-4)21-17-31)32-18-22-34(48-5)23-19-32/h6-23,25,28,35-38H,24,26H2,1-5H3,(H,42,45,46)/t28?,35-,36+,37+,38?,53?/m0/s1. The highest BCUT2D eigenvalue weighted by Crippen LogP contribution is 2.58. The van der Waals surface area contributed by atoms with Crippen molar-refractivity contribution in [1.29, 1.82) is 0 Å². The van der Waals surface area contributed by atoms with E-state index in [0.717, 1.165) is 22.3 Å². The summed E-state index contributed by atoms with van der Waals surface area (Å²) in [5.41, 5.74) is 2.02. The number of hydrogen-bond donors (Lipinski definition) is 1. The predicted octanol–water partition coefficient (Wildman–Crippen LogP) is 6.86. The molecule has 2 saturated heterocycles. The molecule has 1 N–H and O–H groups in total. The highest BCUT2D eigenvalue weighted by atomic mass is 31.2. The average Bonchev–Trinajstić information content (AvgIpc) is 3.73. The van der Waals surface area contributed by atoms with E-state index in [0.29, 0.717) is 23.5 Å². The van der Waals surface area contributed by atoms with Crippen LogP contribution >= 0.6 is 8.53 Å². The van der Waals surface area contributed by atoms with Crippen molar-refractivity contribution in [3.05, 3.63) is 164 Å². The second-order valence-corrected chi connectivity index (χ2v) is 14.8. The molecule has 5 aromatic rings. The van der Waals surface area contributed by atoms with Crippen LogP contribution in [0, 0.1) is 6.92 Å². The summed E-state index contributed by atoms with van der Waals surface area (Å²) in [6.45, 7) is 3.86. The summed E-state index contributed by atoms with van der Waals surface area (Å²) >= 11 is 0. The second-order valence-electron chi connectivity index (χ2n) is 13.3. The lowest BCUT2D eigenvalue weighted by Gasteiger charge is -2.37. The van der Waals surface area contributed by atoms with E-state index < -0.39 is 43.8 Å². The molecule has 6 atom stereocenters. The minimum Gasteiger partial charge on any atom is -0.497 e. The van der Waals surface area contributed by atoms with E-state index in [2.05, 4.69) is 28.7 Å². The number of H-pyrrole nitrogens is 1. The van der Waals surface area contributed by atoms with E-state index in [9.17, 15) is 9.59 Å². The second kappa shape index (κ2) is 15.8. The fraction of sp³-hybridized carbons (Fsp3) is 0.317. The maximum atomic E-state index is 13.1. The van der Waals surface area contributed by atoms with Crippen molar-refractivity contribution in [3.63, 3.8) is 0 Å². The number of aromatic nitrogens is 2. The first-order valence-corrected chi connectivity index (χ1v) is 18.7. The van der Waals surface area contributed by atoms with Crippen molar-refractivity contribution in [2.45, 2.75) is 56.5 Å². The number of nitrogens with one attached hydrogen (secondary N) is 1. The van der Waals surface area contributed by atoms with Gasteiger partial charge >= 0.3 is 5.69 Å². The zero-order valence-corrected chi connectivity index (χ0v) is 31.3. The number of rotatable bonds is 12. The van der Waals surface area contributed by atoms with Gasteiger partial charge in [0.15, 0.2) is 0 Å². The molecule has 12 heteroatoms. The Balaban J connectivity index is 1.27. The third-order valence-electron chi connectivity index (χ3n) is 10.1. The minimum absolute atomic E-state index is 0.0525. The highest BCUT2D eigenvalue weighted by Gasteiger charge is 2.47. The van der Waals surface area contributed by atoms with E-state index in [-0.39, 0.29) is 18.8 Å². The Morgan fingerprint density at radius 3 is 1.98 bits per heavy atom. The SMILES string of the molecule is COc1ccc(C(OC[C@H]2O[C@@H](n3cc(C)c(=O)[nH]c3=O)C[C@@H]2OP2OC(c3ccccc3)C(C)N2C)(c2ccccc2)c2ccc(OC)cc2)cc1. The van der Waals surface area contributed by atoms with Crippen LogP contribution in [0.1, 0.15) is 53.5 Å². The van der Waals surface area contributed by atoms with Gasteiger partial charge in [0.25, 0.3) is 14.1 Å². The van der Waals surface area contributed by atoms with Crippen LogP contribution in [0.15, 0.2) is 125 Å². The van der Waals surface area contributed by atoms with Gasteiger partial charge in [-0.15, -0.1) is 0 Å². The van der Waals surface area contributed by atoms with Crippen LogP contribution < -0.4 is 20.7 Å². The molecule has 3 unspecified atom stereocenters. The van der Waals surface area contributed by atoms with Crippen LogP contribution in [-0.4, -0.2) is 60.3 Å². The molecule has 2 fully saturated rings. The molecule has 2 aliphatic rings. The third kappa shape index (κ3) is 7.33. The van der Waals surface area contributed by atoms with Crippen molar-refractivity contribution in [2.75, 3.05) is 27.9 Å². The molecule has 0 bridgehead atoms. The summed E-state index contributed by atoms with van der Waals surface area (Å²) < 4.78 is 42.0. The maximum Gasteiger partial charge on any atom is 0.330 e. The number of likely N-dealkylation sites (N-methyl/N-ethyl adjacent to an activating group) is 1. The molecule has 0 aliphatic carbocycles. The largest absolute Gasteiger partial charge is 0.497 e. The normalized spacial score (nSPS) is 23.3. The molecular formula is C41H44N3O8P. The molecule has 11 nitrogen and oxygen atoms in total. The van der Waals surface area contributed by atoms with Crippen LogP contribution in [0.3, 0.4) is 0 Å². The van der Waals surface area contributed by atoms with Crippen LogP contribution in [0.4, 0.5) is 0 Å². The molecule has 53 heavy (non-hydrogen) atoms. The Labute approximate surface area is 310 Å². The summed E-state index contributed by atoms with van der Waals surface area (Å²) in [6, 6.07) is 35.9. The van der Waals surface area contributed by atoms with Crippen LogP contribution in [-0.2, 0) is 24.1 Å². The van der Waals surface area contributed by atoms with Crippen LogP contribution in [0.2, 0.25) is 0 Å². The number of aryl methyl sites for hydroxylation is 1. The monoisotopic (exact) mass is 737 g/mol. The zero-order valence-electron chi connectivity index (χ0n) is 30.4. The van der Waals surface area contributed by atoms with E-state index in [1.807, 2.05) is 104 Å². The Kier molecular flexibility index (Phi) is 10.9. The number of benzene rings is 4. The number of aromatic amines is 1. The first kappa shape index (κ1) is 36.7. The van der Waals surface area contributed by atoms with Gasteiger partial charge in [-0.3, -0.25) is 14.3 Å². The van der Waals surface area contributed by atoms with Crippen molar-refractivity contribution < 1.29 is 28.0 Å². The fourth-order valence-electron chi connectivity index (χ4n) is 7.01. The number of hydrogen-bond acceptors (Lipinski definition) is 9. The van der Waals surface area contributed by atoms with Gasteiger partial charge in [-0.05, 0) is 67.4 Å². The first-order valence-electron chi connectivity index (χ1n) is 17.6. The minimum atomic E-state index is -1.51. The van der Waals surface area contributed by atoms with Crippen molar-refractivity contribution in [2.24, 2.45) is 0 Å². The van der Waals surface area contributed by atoms with E-state index in [4.69, 9.17) is 28.0 Å².